The lowest BCUT2D eigenvalue weighted by Gasteiger charge is -2.23. The van der Waals surface area contributed by atoms with Crippen LogP contribution in [-0.2, 0) is 28.7 Å². The summed E-state index contributed by atoms with van der Waals surface area (Å²) in [5, 5.41) is 4.63. The number of nitrogens with one attached hydrogen (secondary N) is 1. The topological polar surface area (TPSA) is 90.0 Å². The molecular weight excluding hydrogens is 328 g/mol. The predicted octanol–water partition coefficient (Wildman–Crippen LogP) is 1.71. The molecule has 0 saturated heterocycles. The number of hydrogen-bond donors (Lipinski definition) is 1. The molecule has 126 valence electrons. The number of benzene rings is 1. The molecule has 3 heterocycles. The second-order valence-electron chi connectivity index (χ2n) is 6.13. The van der Waals surface area contributed by atoms with Gasteiger partial charge in [0.05, 0.1) is 0 Å². The van der Waals surface area contributed by atoms with Crippen LogP contribution in [0.2, 0.25) is 0 Å². The second kappa shape index (κ2) is 6.03. The number of imidazole rings is 1. The first-order valence-electron chi connectivity index (χ1n) is 7.91. The summed E-state index contributed by atoms with van der Waals surface area (Å²) in [6.45, 7) is 1.22. The minimum absolute atomic E-state index is 0.174. The van der Waals surface area contributed by atoms with E-state index < -0.39 is 10.0 Å². The molecule has 0 aliphatic carbocycles. The third-order valence-corrected chi connectivity index (χ3v) is 5.66. The van der Waals surface area contributed by atoms with Gasteiger partial charge in [0.15, 0.2) is 5.58 Å². The van der Waals surface area contributed by atoms with E-state index in [9.17, 15) is 8.42 Å². The Morgan fingerprint density at radius 3 is 3.12 bits per heavy atom. The van der Waals surface area contributed by atoms with Gasteiger partial charge in [0.1, 0.15) is 17.3 Å². The van der Waals surface area contributed by atoms with Crippen molar-refractivity contribution in [1.82, 2.24) is 19.4 Å². The summed E-state index contributed by atoms with van der Waals surface area (Å²) in [4.78, 5) is 4.28. The molecule has 2 aromatic heterocycles. The van der Waals surface area contributed by atoms with Crippen molar-refractivity contribution in [2.75, 3.05) is 6.54 Å². The molecular formula is C16H18N4O3S. The first kappa shape index (κ1) is 15.3. The van der Waals surface area contributed by atoms with Gasteiger partial charge < -0.3 is 9.09 Å². The molecule has 7 nitrogen and oxygen atoms in total. The Balaban J connectivity index is 1.41. The van der Waals surface area contributed by atoms with E-state index >= 15 is 0 Å². The average Bonchev–Trinajstić information content (AvgIpc) is 3.19. The number of aryl methyl sites for hydroxylation is 1. The lowest BCUT2D eigenvalue weighted by Crippen LogP contribution is -2.34. The van der Waals surface area contributed by atoms with Gasteiger partial charge in [0, 0.05) is 37.3 Å². The summed E-state index contributed by atoms with van der Waals surface area (Å²) >= 11 is 0. The van der Waals surface area contributed by atoms with Crippen LogP contribution in [0, 0.1) is 5.92 Å². The Labute approximate surface area is 139 Å². The minimum Gasteiger partial charge on any atom is -0.356 e. The molecule has 1 N–H and O–H groups in total. The predicted molar refractivity (Wildman–Crippen MR) is 88.7 cm³/mol. The molecule has 1 aliphatic rings. The molecule has 0 amide bonds. The molecule has 4 rings (SSSR count). The van der Waals surface area contributed by atoms with Crippen LogP contribution in [0.1, 0.15) is 17.9 Å². The summed E-state index contributed by atoms with van der Waals surface area (Å²) in [6.07, 6.45) is 5.55. The Morgan fingerprint density at radius 1 is 1.33 bits per heavy atom. The fourth-order valence-corrected chi connectivity index (χ4v) is 4.28. The number of nitrogens with zero attached hydrogens (tertiary/aromatic N) is 3. The Kier molecular flexibility index (Phi) is 3.85. The van der Waals surface area contributed by atoms with Crippen LogP contribution < -0.4 is 4.72 Å². The van der Waals surface area contributed by atoms with Crippen molar-refractivity contribution in [3.05, 3.63) is 48.2 Å². The van der Waals surface area contributed by atoms with Gasteiger partial charge in [-0.15, -0.1) is 0 Å². The van der Waals surface area contributed by atoms with Crippen LogP contribution in [0.3, 0.4) is 0 Å². The van der Waals surface area contributed by atoms with Crippen LogP contribution in [0.25, 0.3) is 11.0 Å². The van der Waals surface area contributed by atoms with E-state index in [4.69, 9.17) is 4.52 Å². The maximum absolute atomic E-state index is 12.4. The number of rotatable bonds is 5. The fourth-order valence-electron chi connectivity index (χ4n) is 3.12. The number of hydrogen-bond acceptors (Lipinski definition) is 5. The maximum Gasteiger partial charge on any atom is 0.217 e. The molecule has 8 heteroatoms. The highest BCUT2D eigenvalue weighted by molar-refractivity contribution is 7.88. The Bertz CT molecular complexity index is 961. The smallest absolute Gasteiger partial charge is 0.217 e. The largest absolute Gasteiger partial charge is 0.356 e. The van der Waals surface area contributed by atoms with Crippen molar-refractivity contribution in [2.45, 2.75) is 25.1 Å². The number of sulfonamides is 1. The average molecular weight is 346 g/mol. The Hall–Kier alpha value is -2.19. The van der Waals surface area contributed by atoms with E-state index in [1.165, 1.54) is 0 Å². The van der Waals surface area contributed by atoms with Crippen molar-refractivity contribution < 1.29 is 12.9 Å². The van der Waals surface area contributed by atoms with Gasteiger partial charge in [0.25, 0.3) is 0 Å². The van der Waals surface area contributed by atoms with Gasteiger partial charge in [0.2, 0.25) is 10.0 Å². The van der Waals surface area contributed by atoms with E-state index in [2.05, 4.69) is 19.4 Å². The van der Waals surface area contributed by atoms with Gasteiger partial charge in [-0.3, -0.25) is 0 Å². The van der Waals surface area contributed by atoms with Crippen LogP contribution in [-0.4, -0.2) is 29.7 Å². The molecule has 0 unspecified atom stereocenters. The molecule has 0 fully saturated rings. The normalized spacial score (nSPS) is 17.9. The molecule has 0 bridgehead atoms. The molecule has 0 radical (unpaired) electrons. The zero-order valence-corrected chi connectivity index (χ0v) is 13.9. The SMILES string of the molecule is O=S(=O)(Cc1noc2ccccc12)NC[C@H]1CCc2nccn2C1. The molecule has 1 aromatic carbocycles. The van der Waals surface area contributed by atoms with Crippen molar-refractivity contribution in [3.8, 4) is 0 Å². The third-order valence-electron chi connectivity index (χ3n) is 4.40. The highest BCUT2D eigenvalue weighted by Crippen LogP contribution is 2.21. The van der Waals surface area contributed by atoms with Gasteiger partial charge in [-0.1, -0.05) is 17.3 Å². The van der Waals surface area contributed by atoms with Crippen molar-refractivity contribution in [2.24, 2.45) is 5.92 Å². The molecule has 1 atom stereocenters. The van der Waals surface area contributed by atoms with Crippen molar-refractivity contribution in [1.29, 1.82) is 0 Å². The quantitative estimate of drug-likeness (QED) is 0.759. The number of para-hydroxylation sites is 1. The first-order chi connectivity index (χ1) is 11.6. The molecule has 0 spiro atoms. The number of fused-ring (bicyclic) bond motifs is 2. The van der Waals surface area contributed by atoms with E-state index in [0.29, 0.717) is 17.8 Å². The van der Waals surface area contributed by atoms with Crippen LogP contribution in [0.5, 0.6) is 0 Å². The standard InChI is InChI=1S/C16H18N4O3S/c21-24(22,11-14-13-3-1-2-4-15(13)23-19-14)18-9-12-5-6-16-17-7-8-20(16)10-12/h1-4,7-8,12,18H,5-6,9-11H2/t12-/m1/s1. The van der Waals surface area contributed by atoms with Crippen molar-refractivity contribution in [3.63, 3.8) is 0 Å². The highest BCUT2D eigenvalue weighted by atomic mass is 32.2. The Morgan fingerprint density at radius 2 is 2.21 bits per heavy atom. The van der Waals surface area contributed by atoms with Crippen LogP contribution >= 0.6 is 0 Å². The summed E-state index contributed by atoms with van der Waals surface area (Å²) in [6, 6.07) is 7.26. The van der Waals surface area contributed by atoms with Gasteiger partial charge in [-0.05, 0) is 24.5 Å². The summed E-state index contributed by atoms with van der Waals surface area (Å²) < 4.78 is 34.7. The van der Waals surface area contributed by atoms with Gasteiger partial charge in [-0.25, -0.2) is 18.1 Å². The van der Waals surface area contributed by atoms with Gasteiger partial charge >= 0.3 is 0 Å². The summed E-state index contributed by atoms with van der Waals surface area (Å²) in [5.74, 6) is 1.17. The monoisotopic (exact) mass is 346 g/mol. The zero-order valence-electron chi connectivity index (χ0n) is 13.1. The molecule has 3 aromatic rings. The first-order valence-corrected chi connectivity index (χ1v) is 9.56. The van der Waals surface area contributed by atoms with E-state index in [1.807, 2.05) is 24.4 Å². The zero-order chi connectivity index (χ0) is 16.6. The fraction of sp³-hybridized carbons (Fsp3) is 0.375. The van der Waals surface area contributed by atoms with E-state index in [1.54, 1.807) is 12.3 Å². The summed E-state index contributed by atoms with van der Waals surface area (Å²) in [5.41, 5.74) is 1.04. The van der Waals surface area contributed by atoms with Crippen LogP contribution in [0.4, 0.5) is 0 Å². The van der Waals surface area contributed by atoms with Crippen molar-refractivity contribution >= 4 is 21.0 Å². The summed E-state index contributed by atoms with van der Waals surface area (Å²) in [7, 11) is -3.46. The van der Waals surface area contributed by atoms with E-state index in [-0.39, 0.29) is 11.7 Å². The van der Waals surface area contributed by atoms with Gasteiger partial charge in [-0.2, -0.15) is 0 Å². The van der Waals surface area contributed by atoms with Crippen LogP contribution in [0.15, 0.2) is 41.2 Å². The lowest BCUT2D eigenvalue weighted by atomic mass is 10.00. The van der Waals surface area contributed by atoms with E-state index in [0.717, 1.165) is 30.6 Å². The third kappa shape index (κ3) is 3.07. The number of aromatic nitrogens is 3. The molecule has 24 heavy (non-hydrogen) atoms. The minimum atomic E-state index is -3.46. The molecule has 0 saturated carbocycles. The highest BCUT2D eigenvalue weighted by Gasteiger charge is 2.22. The second-order valence-corrected chi connectivity index (χ2v) is 7.94. The lowest BCUT2D eigenvalue weighted by molar-refractivity contribution is 0.363. The molecule has 1 aliphatic heterocycles. The maximum atomic E-state index is 12.4.